The van der Waals surface area contributed by atoms with Crippen LogP contribution in [-0.2, 0) is 0 Å². The van der Waals surface area contributed by atoms with E-state index >= 15 is 0 Å². The summed E-state index contributed by atoms with van der Waals surface area (Å²) in [6, 6.07) is 0. The molecule has 0 saturated carbocycles. The Hall–Kier alpha value is -0.810. The number of fused-ring (bicyclic) bond motifs is 3. The minimum Gasteiger partial charge on any atom is -0.312 e. The smallest absolute Gasteiger partial charge is 0.312 e. The average molecular weight is 242 g/mol. The lowest BCUT2D eigenvalue weighted by Gasteiger charge is -2.54. The second kappa shape index (κ2) is 4.46. The van der Waals surface area contributed by atoms with E-state index in [1.807, 2.05) is 0 Å². The molecule has 0 amide bonds. The van der Waals surface area contributed by atoms with Gasteiger partial charge in [-0.1, -0.05) is 6.92 Å². The Labute approximate surface area is 104 Å². The van der Waals surface area contributed by atoms with Gasteiger partial charge >= 0.3 is 5.96 Å². The van der Waals surface area contributed by atoms with Crippen LogP contribution in [0.5, 0.6) is 0 Å². The summed E-state index contributed by atoms with van der Waals surface area (Å²) in [6.07, 6.45) is 0. The number of quaternary nitrogens is 2. The number of nitrogens with one attached hydrogen (secondary N) is 1. The molecule has 0 aromatic carbocycles. The lowest BCUT2D eigenvalue weighted by atomic mass is 10.0. The van der Waals surface area contributed by atoms with Crippen LogP contribution in [0.1, 0.15) is 6.92 Å². The van der Waals surface area contributed by atoms with Crippen LogP contribution in [0, 0.1) is 5.92 Å². The van der Waals surface area contributed by atoms with Crippen molar-refractivity contribution in [2.75, 3.05) is 59.4 Å². The van der Waals surface area contributed by atoms with E-state index < -0.39 is 0 Å². The number of guanidine groups is 1. The molecular weight excluding hydrogens is 214 g/mol. The second-order valence-corrected chi connectivity index (χ2v) is 6.43. The van der Waals surface area contributed by atoms with Crippen LogP contribution in [0.3, 0.4) is 0 Å². The average Bonchev–Trinajstić information content (AvgIpc) is 2.29. The molecule has 5 nitrogen and oxygen atoms in total. The van der Waals surface area contributed by atoms with Crippen LogP contribution < -0.4 is 16.5 Å². The highest BCUT2D eigenvalue weighted by molar-refractivity contribution is 5.69. The number of hydrogen-bond donors (Lipinski definition) is 3. The van der Waals surface area contributed by atoms with Gasteiger partial charge in [-0.2, -0.15) is 0 Å². The predicted molar refractivity (Wildman–Crippen MR) is 68.9 cm³/mol. The van der Waals surface area contributed by atoms with Crippen LogP contribution in [0.15, 0.2) is 0 Å². The van der Waals surface area contributed by atoms with Crippen LogP contribution in [-0.4, -0.2) is 74.3 Å². The number of rotatable bonds is 4. The highest BCUT2D eigenvalue weighted by atomic mass is 15.5. The van der Waals surface area contributed by atoms with Gasteiger partial charge in [0.15, 0.2) is 0 Å². The number of nitrogens with two attached hydrogens (primary N) is 2. The zero-order chi connectivity index (χ0) is 12.5. The van der Waals surface area contributed by atoms with Gasteiger partial charge in [0, 0.05) is 5.92 Å². The first kappa shape index (κ1) is 12.6. The van der Waals surface area contributed by atoms with Crippen LogP contribution >= 0.6 is 0 Å². The maximum Gasteiger partial charge on any atom is 0.338 e. The first-order valence-corrected chi connectivity index (χ1v) is 6.74. The van der Waals surface area contributed by atoms with Gasteiger partial charge in [-0.15, -0.1) is 0 Å². The van der Waals surface area contributed by atoms with Gasteiger partial charge in [0.05, 0.1) is 20.1 Å². The monoisotopic (exact) mass is 242 g/mol. The normalized spacial score (nSPS) is 37.8. The Morgan fingerprint density at radius 1 is 1.12 bits per heavy atom. The minimum atomic E-state index is 0.346. The van der Waals surface area contributed by atoms with Crippen LogP contribution in [0.2, 0.25) is 0 Å². The molecule has 0 aromatic heterocycles. The van der Waals surface area contributed by atoms with Crippen molar-refractivity contribution in [1.29, 1.82) is 0 Å². The van der Waals surface area contributed by atoms with Crippen molar-refractivity contribution in [3.8, 4) is 0 Å². The maximum absolute atomic E-state index is 5.44. The lowest BCUT2D eigenvalue weighted by Crippen LogP contribution is -2.80. The van der Waals surface area contributed by atoms with Crippen molar-refractivity contribution in [3.63, 3.8) is 0 Å². The first-order valence-electron chi connectivity index (χ1n) is 6.74. The van der Waals surface area contributed by atoms with E-state index in [-0.39, 0.29) is 0 Å². The summed E-state index contributed by atoms with van der Waals surface area (Å²) in [4.78, 5) is 3.05. The molecule has 5 N–H and O–H groups in total. The molecule has 0 spiro atoms. The SMILES string of the molecule is C[C@H](C[NH+]=C(N)N)C[N+]12CC[N+](C)(CC1)CC2. The number of hydrogen-bond acceptors (Lipinski definition) is 0. The Bertz CT molecular complexity index is 283. The van der Waals surface area contributed by atoms with Crippen LogP contribution in [0.4, 0.5) is 0 Å². The molecule has 3 aliphatic heterocycles. The fourth-order valence-corrected chi connectivity index (χ4v) is 3.32. The molecule has 0 radical (unpaired) electrons. The summed E-state index contributed by atoms with van der Waals surface area (Å²) in [7, 11) is 2.40. The molecule has 0 unspecified atom stereocenters. The predicted octanol–water partition coefficient (Wildman–Crippen LogP) is -2.73. The molecule has 3 heterocycles. The molecule has 5 heteroatoms. The third-order valence-electron chi connectivity index (χ3n) is 4.70. The second-order valence-electron chi connectivity index (χ2n) is 6.43. The van der Waals surface area contributed by atoms with E-state index in [2.05, 4.69) is 19.0 Å². The minimum absolute atomic E-state index is 0.346. The summed E-state index contributed by atoms with van der Waals surface area (Å²) >= 11 is 0. The summed E-state index contributed by atoms with van der Waals surface area (Å²) < 4.78 is 2.62. The third kappa shape index (κ3) is 2.90. The van der Waals surface area contributed by atoms with Gasteiger partial charge in [-0.3, -0.25) is 16.5 Å². The third-order valence-corrected chi connectivity index (χ3v) is 4.70. The van der Waals surface area contributed by atoms with Gasteiger partial charge in [0.2, 0.25) is 0 Å². The highest BCUT2D eigenvalue weighted by Crippen LogP contribution is 2.25. The largest absolute Gasteiger partial charge is 0.338 e. The summed E-state index contributed by atoms with van der Waals surface area (Å²) in [5.41, 5.74) is 10.9. The summed E-state index contributed by atoms with van der Waals surface area (Å²) in [5.74, 6) is 0.977. The number of likely N-dealkylation sites (N-methyl/N-ethyl adjacent to an activating group) is 1. The molecule has 17 heavy (non-hydrogen) atoms. The van der Waals surface area contributed by atoms with E-state index in [1.54, 1.807) is 0 Å². The van der Waals surface area contributed by atoms with Crippen molar-refractivity contribution in [2.24, 2.45) is 17.4 Å². The van der Waals surface area contributed by atoms with E-state index in [1.165, 1.54) is 54.8 Å². The molecule has 0 aromatic rings. The van der Waals surface area contributed by atoms with Crippen molar-refractivity contribution in [2.45, 2.75) is 6.92 Å². The number of nitrogens with zero attached hydrogens (tertiary/aromatic N) is 2. The van der Waals surface area contributed by atoms with Crippen molar-refractivity contribution in [3.05, 3.63) is 0 Å². The standard InChI is InChI=1S/C12H27N5/c1-11(9-15-12(13)14)10-17-6-3-16(2,4-7-17)5-8-17/h11H,3-10H2,1-2H3,(H4,13,14,15)/q+2/p+1/t11-,16?,17?/m1/s1. The Kier molecular flexibility index (Phi) is 3.32. The fourth-order valence-electron chi connectivity index (χ4n) is 3.32. The molecule has 3 aliphatic rings. The fraction of sp³-hybridized carbons (Fsp3) is 0.917. The molecule has 3 saturated heterocycles. The molecular formula is C12H28N5+3. The van der Waals surface area contributed by atoms with E-state index in [9.17, 15) is 0 Å². The Morgan fingerprint density at radius 3 is 2.12 bits per heavy atom. The Morgan fingerprint density at radius 2 is 1.65 bits per heavy atom. The van der Waals surface area contributed by atoms with Crippen molar-refractivity contribution < 1.29 is 14.0 Å². The van der Waals surface area contributed by atoms with Gasteiger partial charge in [-0.05, 0) is 0 Å². The Balaban J connectivity index is 1.88. The van der Waals surface area contributed by atoms with Gasteiger partial charge in [0.25, 0.3) is 0 Å². The molecule has 3 fully saturated rings. The van der Waals surface area contributed by atoms with E-state index in [0.717, 1.165) is 6.54 Å². The lowest BCUT2D eigenvalue weighted by molar-refractivity contribution is -1.07. The molecule has 2 bridgehead atoms. The van der Waals surface area contributed by atoms with Crippen LogP contribution in [0.25, 0.3) is 0 Å². The molecule has 98 valence electrons. The van der Waals surface area contributed by atoms with Crippen molar-refractivity contribution >= 4 is 5.96 Å². The molecule has 0 aliphatic carbocycles. The molecule has 3 rings (SSSR count). The van der Waals surface area contributed by atoms with Gasteiger partial charge in [0.1, 0.15) is 39.3 Å². The number of piperazine rings is 3. The highest BCUT2D eigenvalue weighted by Gasteiger charge is 2.46. The summed E-state index contributed by atoms with van der Waals surface area (Å²) in [5, 5.41) is 0. The zero-order valence-corrected chi connectivity index (χ0v) is 11.3. The quantitative estimate of drug-likeness (QED) is 0.285. The van der Waals surface area contributed by atoms with Crippen molar-refractivity contribution in [1.82, 2.24) is 0 Å². The molecule has 1 atom stereocenters. The maximum atomic E-state index is 5.44. The van der Waals surface area contributed by atoms with Gasteiger partial charge < -0.3 is 8.97 Å². The summed E-state index contributed by atoms with van der Waals surface area (Å²) in [6.45, 7) is 12.6. The first-order chi connectivity index (χ1) is 7.93. The topological polar surface area (TPSA) is 66.0 Å². The van der Waals surface area contributed by atoms with E-state index in [4.69, 9.17) is 11.5 Å². The van der Waals surface area contributed by atoms with E-state index in [0.29, 0.717) is 11.9 Å². The van der Waals surface area contributed by atoms with Gasteiger partial charge in [-0.25, -0.2) is 0 Å². The zero-order valence-electron chi connectivity index (χ0n) is 11.3.